The van der Waals surface area contributed by atoms with Crippen LogP contribution in [0.4, 0.5) is 0 Å². The number of hydrogen-bond acceptors (Lipinski definition) is 2. The van der Waals surface area contributed by atoms with Gasteiger partial charge < -0.3 is 9.88 Å². The third kappa shape index (κ3) is 3.62. The molecule has 1 fully saturated rings. The Balaban J connectivity index is 0.00000144. The second-order valence-corrected chi connectivity index (χ2v) is 4.89. The van der Waals surface area contributed by atoms with Crippen molar-refractivity contribution >= 4 is 5.70 Å². The molecular weight excluding hydrogens is 285 g/mol. The monoisotopic (exact) mass is 304 g/mol. The van der Waals surface area contributed by atoms with E-state index in [0.717, 1.165) is 5.69 Å². The average Bonchev–Trinajstić information content (AvgIpc) is 3.02. The maximum atomic E-state index is 4.55. The Morgan fingerprint density at radius 3 is 2.35 bits per heavy atom. The van der Waals surface area contributed by atoms with Gasteiger partial charge in [0.15, 0.2) is 0 Å². The summed E-state index contributed by atoms with van der Waals surface area (Å²) in [5.74, 6) is 0.498. The molecule has 1 aliphatic rings. The summed E-state index contributed by atoms with van der Waals surface area (Å²) in [4.78, 5) is 6.71. The zero-order valence-electron chi connectivity index (χ0n) is 11.1. The third-order valence-electron chi connectivity index (χ3n) is 2.87. The first kappa shape index (κ1) is 14.9. The van der Waals surface area contributed by atoms with Crippen molar-refractivity contribution in [2.45, 2.75) is 32.6 Å². The van der Waals surface area contributed by atoms with Gasteiger partial charge in [-0.25, -0.2) is 0 Å². The molecule has 1 heterocycles. The molecule has 1 aromatic heterocycles. The van der Waals surface area contributed by atoms with Crippen molar-refractivity contribution in [1.29, 1.82) is 0 Å². The van der Waals surface area contributed by atoms with Crippen LogP contribution in [0.15, 0.2) is 17.8 Å². The van der Waals surface area contributed by atoms with E-state index in [9.17, 15) is 0 Å². The second kappa shape index (κ2) is 6.11. The molecule has 0 unspecified atom stereocenters. The van der Waals surface area contributed by atoms with E-state index >= 15 is 0 Å². The van der Waals surface area contributed by atoms with Gasteiger partial charge >= 0.3 is 0 Å². The molecule has 1 aromatic rings. The van der Waals surface area contributed by atoms with Crippen LogP contribution in [0.25, 0.3) is 5.70 Å². The third-order valence-corrected chi connectivity index (χ3v) is 2.87. The molecule has 0 spiro atoms. The summed E-state index contributed by atoms with van der Waals surface area (Å²) in [5, 5.41) is 0. The van der Waals surface area contributed by atoms with Crippen molar-refractivity contribution < 1.29 is 32.7 Å². The topological polar surface area (TPSA) is 16.1 Å². The predicted molar refractivity (Wildman–Crippen MR) is 67.0 cm³/mol. The maximum absolute atomic E-state index is 4.55. The minimum atomic E-state index is 0. The molecule has 1 aliphatic carbocycles. The fourth-order valence-electron chi connectivity index (χ4n) is 1.84. The summed E-state index contributed by atoms with van der Waals surface area (Å²) in [6, 6.07) is 5.35. The van der Waals surface area contributed by atoms with Gasteiger partial charge in [-0.05, 0) is 24.5 Å². The van der Waals surface area contributed by atoms with Crippen LogP contribution in [0.3, 0.4) is 0 Å². The Morgan fingerprint density at radius 2 is 2.00 bits per heavy atom. The smallest absolute Gasteiger partial charge is 0.00520 e. The zero-order valence-corrected chi connectivity index (χ0v) is 14.0. The maximum Gasteiger partial charge on any atom is 0.00520 e. The SMILES string of the molecule is CC(C)c1[c-]cc(C(=C2CC2)N(C)C)nc1.[Y]. The molecule has 17 heavy (non-hydrogen) atoms. The Kier molecular flexibility index (Phi) is 5.33. The van der Waals surface area contributed by atoms with Crippen molar-refractivity contribution in [2.75, 3.05) is 14.1 Å². The van der Waals surface area contributed by atoms with Crippen LogP contribution in [0.1, 0.15) is 43.9 Å². The van der Waals surface area contributed by atoms with Crippen molar-refractivity contribution in [2.24, 2.45) is 0 Å². The van der Waals surface area contributed by atoms with Crippen LogP contribution in [0.2, 0.25) is 0 Å². The van der Waals surface area contributed by atoms with Gasteiger partial charge in [0.05, 0.1) is 0 Å². The fraction of sp³-hybridized carbons (Fsp3) is 0.500. The summed E-state index contributed by atoms with van der Waals surface area (Å²) < 4.78 is 0. The van der Waals surface area contributed by atoms with Gasteiger partial charge in [0.1, 0.15) is 0 Å². The van der Waals surface area contributed by atoms with Gasteiger partial charge in [0, 0.05) is 52.5 Å². The van der Waals surface area contributed by atoms with E-state index in [0.29, 0.717) is 5.92 Å². The molecule has 0 amide bonds. The van der Waals surface area contributed by atoms with Crippen molar-refractivity contribution in [3.8, 4) is 0 Å². The molecule has 0 bridgehead atoms. The number of nitrogens with zero attached hydrogens (tertiary/aromatic N) is 2. The van der Waals surface area contributed by atoms with Crippen LogP contribution in [-0.4, -0.2) is 24.0 Å². The van der Waals surface area contributed by atoms with E-state index in [1.165, 1.54) is 29.7 Å². The van der Waals surface area contributed by atoms with Crippen LogP contribution in [-0.2, 0) is 32.7 Å². The van der Waals surface area contributed by atoms with E-state index in [1.54, 1.807) is 0 Å². The summed E-state index contributed by atoms with van der Waals surface area (Å²) in [6.45, 7) is 4.33. The summed E-state index contributed by atoms with van der Waals surface area (Å²) in [6.07, 6.45) is 4.40. The zero-order chi connectivity index (χ0) is 11.7. The molecule has 2 nitrogen and oxygen atoms in total. The molecular formula is C14H19N2Y-. The second-order valence-electron chi connectivity index (χ2n) is 4.89. The van der Waals surface area contributed by atoms with Gasteiger partial charge in [0.2, 0.25) is 0 Å². The molecule has 3 heteroatoms. The van der Waals surface area contributed by atoms with Crippen LogP contribution >= 0.6 is 0 Å². The Morgan fingerprint density at radius 1 is 1.35 bits per heavy atom. The van der Waals surface area contributed by atoms with Crippen LogP contribution in [0, 0.1) is 6.07 Å². The molecule has 0 atom stereocenters. The predicted octanol–water partition coefficient (Wildman–Crippen LogP) is 3.07. The first-order valence-electron chi connectivity index (χ1n) is 5.87. The Bertz CT molecular complexity index is 399. The number of aromatic nitrogens is 1. The number of rotatable bonds is 3. The molecule has 0 saturated heterocycles. The molecule has 0 aromatic carbocycles. The minimum absolute atomic E-state index is 0. The number of allylic oxidation sites excluding steroid dienone is 1. The number of hydrogen-bond donors (Lipinski definition) is 0. The normalized spacial score (nSPS) is 13.4. The van der Waals surface area contributed by atoms with Crippen LogP contribution < -0.4 is 0 Å². The van der Waals surface area contributed by atoms with E-state index in [2.05, 4.69) is 43.9 Å². The first-order valence-corrected chi connectivity index (χ1v) is 5.87. The van der Waals surface area contributed by atoms with Crippen molar-refractivity contribution in [3.63, 3.8) is 0 Å². The quantitative estimate of drug-likeness (QED) is 0.798. The summed E-state index contributed by atoms with van der Waals surface area (Å²) >= 11 is 0. The summed E-state index contributed by atoms with van der Waals surface area (Å²) in [7, 11) is 4.16. The average molecular weight is 304 g/mol. The standard InChI is InChI=1S/C14H19N2.Y/c1-10(2)12-7-8-13(15-9-12)14(16(3)4)11-5-6-11;/h8-10H,5-6H2,1-4H3;/q-1;. The van der Waals surface area contributed by atoms with Gasteiger partial charge in [-0.2, -0.15) is 6.07 Å². The van der Waals surface area contributed by atoms with E-state index in [-0.39, 0.29) is 32.7 Å². The molecule has 1 radical (unpaired) electrons. The van der Waals surface area contributed by atoms with Crippen molar-refractivity contribution in [3.05, 3.63) is 35.2 Å². The largest absolute Gasteiger partial charge is 0.386 e. The van der Waals surface area contributed by atoms with E-state index < -0.39 is 0 Å². The molecule has 89 valence electrons. The van der Waals surface area contributed by atoms with E-state index in [1.807, 2.05) is 12.3 Å². The van der Waals surface area contributed by atoms with Crippen LogP contribution in [0.5, 0.6) is 0 Å². The fourth-order valence-corrected chi connectivity index (χ4v) is 1.84. The van der Waals surface area contributed by atoms with Gasteiger partial charge in [-0.3, -0.25) is 0 Å². The molecule has 0 aliphatic heterocycles. The summed E-state index contributed by atoms with van der Waals surface area (Å²) in [5.41, 5.74) is 5.04. The van der Waals surface area contributed by atoms with Crippen molar-refractivity contribution in [1.82, 2.24) is 9.88 Å². The molecule has 2 rings (SSSR count). The van der Waals surface area contributed by atoms with Gasteiger partial charge in [0.25, 0.3) is 0 Å². The van der Waals surface area contributed by atoms with Gasteiger partial charge in [-0.1, -0.05) is 25.6 Å². The Labute approximate surface area is 129 Å². The molecule has 0 N–H and O–H groups in total. The van der Waals surface area contributed by atoms with Gasteiger partial charge in [-0.15, -0.1) is 11.6 Å². The molecule has 1 saturated carbocycles. The van der Waals surface area contributed by atoms with E-state index in [4.69, 9.17) is 0 Å². The first-order chi connectivity index (χ1) is 7.59. The Hall–Kier alpha value is -0.206. The minimum Gasteiger partial charge on any atom is -0.386 e. The number of pyridine rings is 1.